The first-order chi connectivity index (χ1) is 10.1. The minimum atomic E-state index is -0.450. The number of rotatable bonds is 4. The Hall–Kier alpha value is -2.56. The highest BCUT2D eigenvalue weighted by Gasteiger charge is 2.21. The van der Waals surface area contributed by atoms with Gasteiger partial charge in [-0.15, -0.1) is 0 Å². The van der Waals surface area contributed by atoms with Crippen molar-refractivity contribution in [2.24, 2.45) is 0 Å². The molecule has 0 aliphatic rings. The number of nitrogens with zero attached hydrogens (tertiary/aromatic N) is 1. The van der Waals surface area contributed by atoms with Crippen molar-refractivity contribution in [1.82, 2.24) is 0 Å². The van der Waals surface area contributed by atoms with Crippen molar-refractivity contribution in [3.8, 4) is 5.75 Å². The van der Waals surface area contributed by atoms with E-state index in [9.17, 15) is 9.18 Å². The fraction of sp³-hybridized carbons (Fsp3) is 0.188. The van der Waals surface area contributed by atoms with Crippen LogP contribution in [0.3, 0.4) is 0 Å². The number of methoxy groups -OCH3 is 1. The summed E-state index contributed by atoms with van der Waals surface area (Å²) in [5.41, 5.74) is 6.71. The lowest BCUT2D eigenvalue weighted by Crippen LogP contribution is -2.32. The number of hydrogen-bond donors (Lipinski definition) is 1. The third-order valence-corrected chi connectivity index (χ3v) is 3.22. The van der Waals surface area contributed by atoms with Crippen molar-refractivity contribution in [1.29, 1.82) is 0 Å². The number of hydrogen-bond acceptors (Lipinski definition) is 3. The first-order valence-electron chi connectivity index (χ1n) is 6.59. The lowest BCUT2D eigenvalue weighted by atomic mass is 10.1. The zero-order valence-corrected chi connectivity index (χ0v) is 12.0. The van der Waals surface area contributed by atoms with Crippen LogP contribution in [-0.4, -0.2) is 19.6 Å². The number of nitrogens with two attached hydrogens (primary N) is 1. The van der Waals surface area contributed by atoms with Crippen LogP contribution in [0.15, 0.2) is 42.5 Å². The molecule has 0 bridgehead atoms. The fourth-order valence-electron chi connectivity index (χ4n) is 2.15. The van der Waals surface area contributed by atoms with E-state index in [1.807, 2.05) is 0 Å². The van der Waals surface area contributed by atoms with E-state index in [4.69, 9.17) is 10.5 Å². The summed E-state index contributed by atoms with van der Waals surface area (Å²) in [7, 11) is 1.48. The van der Waals surface area contributed by atoms with Crippen LogP contribution in [0.5, 0.6) is 5.75 Å². The molecule has 0 aliphatic carbocycles. The molecule has 0 aromatic heterocycles. The van der Waals surface area contributed by atoms with Crippen molar-refractivity contribution in [3.05, 3.63) is 53.8 Å². The van der Waals surface area contributed by atoms with E-state index in [0.29, 0.717) is 17.9 Å². The number of carbonyl (C=O) groups excluding carboxylic acids is 1. The molecule has 5 heteroatoms. The van der Waals surface area contributed by atoms with E-state index in [0.717, 1.165) is 0 Å². The lowest BCUT2D eigenvalue weighted by molar-refractivity contribution is 0.0988. The molecule has 2 aromatic carbocycles. The predicted molar refractivity (Wildman–Crippen MR) is 81.2 cm³/mol. The van der Waals surface area contributed by atoms with Crippen molar-refractivity contribution in [2.45, 2.75) is 6.92 Å². The van der Waals surface area contributed by atoms with E-state index in [-0.39, 0.29) is 17.3 Å². The zero-order valence-electron chi connectivity index (χ0n) is 12.0. The van der Waals surface area contributed by atoms with Crippen LogP contribution >= 0.6 is 0 Å². The molecule has 0 spiro atoms. The average molecular weight is 288 g/mol. The molecule has 0 heterocycles. The third kappa shape index (κ3) is 2.81. The van der Waals surface area contributed by atoms with Gasteiger partial charge in [-0.2, -0.15) is 0 Å². The summed E-state index contributed by atoms with van der Waals surface area (Å²) in [6, 6.07) is 11.1. The molecule has 4 nitrogen and oxygen atoms in total. The summed E-state index contributed by atoms with van der Waals surface area (Å²) in [5, 5.41) is 0. The van der Waals surface area contributed by atoms with Gasteiger partial charge in [0.15, 0.2) is 0 Å². The normalized spacial score (nSPS) is 10.2. The number of nitrogen functional groups attached to an aromatic ring is 1. The molecule has 0 atom stereocenters. The second kappa shape index (κ2) is 6.26. The summed E-state index contributed by atoms with van der Waals surface area (Å²) >= 11 is 0. The molecule has 2 aromatic rings. The maximum Gasteiger partial charge on any atom is 0.260 e. The molecule has 0 unspecified atom stereocenters. The number of para-hydroxylation sites is 2. The van der Waals surface area contributed by atoms with Crippen LogP contribution in [0.25, 0.3) is 0 Å². The third-order valence-electron chi connectivity index (χ3n) is 3.22. The first kappa shape index (κ1) is 14.8. The van der Waals surface area contributed by atoms with Gasteiger partial charge in [-0.05, 0) is 31.2 Å². The van der Waals surface area contributed by atoms with E-state index in [1.165, 1.54) is 18.1 Å². The van der Waals surface area contributed by atoms with Gasteiger partial charge in [0.25, 0.3) is 5.91 Å². The standard InChI is InChI=1S/C16H17FN2O2/c1-3-19(13-9-5-4-8-12(13)17)16(20)11-7-6-10-14(21-2)15(11)18/h4-10H,3,18H2,1-2H3. The van der Waals surface area contributed by atoms with Gasteiger partial charge in [-0.3, -0.25) is 4.79 Å². The number of benzene rings is 2. The van der Waals surface area contributed by atoms with Gasteiger partial charge < -0.3 is 15.4 Å². The van der Waals surface area contributed by atoms with Crippen molar-refractivity contribution in [3.63, 3.8) is 0 Å². The van der Waals surface area contributed by atoms with Gasteiger partial charge in [-0.25, -0.2) is 4.39 Å². The number of ether oxygens (including phenoxy) is 1. The Morgan fingerprint density at radius 3 is 2.57 bits per heavy atom. The Kier molecular flexibility index (Phi) is 4.42. The van der Waals surface area contributed by atoms with E-state index < -0.39 is 5.82 Å². The highest BCUT2D eigenvalue weighted by Crippen LogP contribution is 2.28. The number of halogens is 1. The van der Waals surface area contributed by atoms with Crippen LogP contribution in [0.2, 0.25) is 0 Å². The van der Waals surface area contributed by atoms with Gasteiger partial charge in [0, 0.05) is 6.54 Å². The van der Waals surface area contributed by atoms with Crippen LogP contribution in [0.1, 0.15) is 17.3 Å². The minimum absolute atomic E-state index is 0.229. The molecule has 2 N–H and O–H groups in total. The van der Waals surface area contributed by atoms with Crippen molar-refractivity contribution >= 4 is 17.3 Å². The second-order valence-corrected chi connectivity index (χ2v) is 4.42. The molecule has 1 amide bonds. The smallest absolute Gasteiger partial charge is 0.260 e. The van der Waals surface area contributed by atoms with Gasteiger partial charge in [0.2, 0.25) is 0 Å². The monoisotopic (exact) mass is 288 g/mol. The van der Waals surface area contributed by atoms with E-state index in [1.54, 1.807) is 43.3 Å². The molecule has 21 heavy (non-hydrogen) atoms. The molecule has 0 saturated carbocycles. The molecule has 110 valence electrons. The Balaban J connectivity index is 2.45. The Labute approximate surface area is 122 Å². The highest BCUT2D eigenvalue weighted by atomic mass is 19.1. The predicted octanol–water partition coefficient (Wildman–Crippen LogP) is 3.08. The van der Waals surface area contributed by atoms with Crippen molar-refractivity contribution < 1.29 is 13.9 Å². The Morgan fingerprint density at radius 1 is 1.24 bits per heavy atom. The summed E-state index contributed by atoms with van der Waals surface area (Å²) in [6.07, 6.45) is 0. The quantitative estimate of drug-likeness (QED) is 0.880. The maximum atomic E-state index is 13.9. The molecule has 0 aliphatic heterocycles. The summed E-state index contributed by atoms with van der Waals surface area (Å²) in [6.45, 7) is 2.11. The number of carbonyl (C=O) groups is 1. The van der Waals surface area contributed by atoms with Gasteiger partial charge in [0.1, 0.15) is 11.6 Å². The van der Waals surface area contributed by atoms with Gasteiger partial charge in [0.05, 0.1) is 24.0 Å². The molecule has 2 rings (SSSR count). The lowest BCUT2D eigenvalue weighted by Gasteiger charge is -2.22. The summed E-state index contributed by atoms with van der Waals surface area (Å²) in [4.78, 5) is 14.0. The molecule has 0 fully saturated rings. The van der Waals surface area contributed by atoms with Crippen LogP contribution in [0, 0.1) is 5.82 Å². The van der Waals surface area contributed by atoms with Crippen LogP contribution in [-0.2, 0) is 0 Å². The number of amides is 1. The molecular weight excluding hydrogens is 271 g/mol. The largest absolute Gasteiger partial charge is 0.495 e. The average Bonchev–Trinajstić information content (AvgIpc) is 2.50. The van der Waals surface area contributed by atoms with E-state index >= 15 is 0 Å². The number of anilines is 2. The zero-order chi connectivity index (χ0) is 15.4. The summed E-state index contributed by atoms with van der Waals surface area (Å²) in [5.74, 6) is -0.390. The first-order valence-corrected chi connectivity index (χ1v) is 6.59. The summed E-state index contributed by atoms with van der Waals surface area (Å²) < 4.78 is 19.0. The van der Waals surface area contributed by atoms with Crippen LogP contribution < -0.4 is 15.4 Å². The fourth-order valence-corrected chi connectivity index (χ4v) is 2.15. The topological polar surface area (TPSA) is 55.6 Å². The second-order valence-electron chi connectivity index (χ2n) is 4.42. The molecular formula is C16H17FN2O2. The maximum absolute atomic E-state index is 13.9. The van der Waals surface area contributed by atoms with Crippen molar-refractivity contribution in [2.75, 3.05) is 24.3 Å². The SMILES string of the molecule is CCN(C(=O)c1cccc(OC)c1N)c1ccccc1F. The minimum Gasteiger partial charge on any atom is -0.495 e. The molecule has 0 radical (unpaired) electrons. The van der Waals surface area contributed by atoms with Gasteiger partial charge >= 0.3 is 0 Å². The van der Waals surface area contributed by atoms with E-state index in [2.05, 4.69) is 0 Å². The van der Waals surface area contributed by atoms with Gasteiger partial charge in [-0.1, -0.05) is 18.2 Å². The highest BCUT2D eigenvalue weighted by molar-refractivity contribution is 6.10. The van der Waals surface area contributed by atoms with Crippen LogP contribution in [0.4, 0.5) is 15.8 Å². The molecule has 0 saturated heterocycles. The Bertz CT molecular complexity index is 658. The Morgan fingerprint density at radius 2 is 1.95 bits per heavy atom.